The van der Waals surface area contributed by atoms with E-state index in [-0.39, 0.29) is 18.3 Å². The van der Waals surface area contributed by atoms with Crippen molar-refractivity contribution < 1.29 is 9.90 Å². The number of rotatable bonds is 8. The highest BCUT2D eigenvalue weighted by molar-refractivity contribution is 5.89. The van der Waals surface area contributed by atoms with E-state index in [9.17, 15) is 9.90 Å². The maximum absolute atomic E-state index is 11.7. The molecule has 2 atom stereocenters. The summed E-state index contributed by atoms with van der Waals surface area (Å²) in [4.78, 5) is 11.7. The van der Waals surface area contributed by atoms with Crippen LogP contribution >= 0.6 is 12.4 Å². The zero-order valence-electron chi connectivity index (χ0n) is 20.7. The molecule has 1 unspecified atom stereocenters. The average molecular weight is 500 g/mol. The molecule has 4 aromatic rings. The van der Waals surface area contributed by atoms with Crippen molar-refractivity contribution in [2.45, 2.75) is 38.5 Å². The van der Waals surface area contributed by atoms with Crippen LogP contribution in [0.25, 0.3) is 10.8 Å². The summed E-state index contributed by atoms with van der Waals surface area (Å²) in [5.74, 6) is -0.0202. The van der Waals surface area contributed by atoms with Gasteiger partial charge in [0.15, 0.2) is 0 Å². The molecule has 1 aliphatic rings. The fourth-order valence-electron chi connectivity index (χ4n) is 5.86. The Bertz CT molecular complexity index is 1340. The maximum Gasteiger partial charge on any atom is 0.335 e. The molecule has 0 fully saturated rings. The third-order valence-corrected chi connectivity index (χ3v) is 7.67. The first-order valence-corrected chi connectivity index (χ1v) is 12.7. The highest BCUT2D eigenvalue weighted by Gasteiger charge is 2.29. The molecule has 3 nitrogen and oxygen atoms in total. The Morgan fingerprint density at radius 1 is 0.889 bits per heavy atom. The van der Waals surface area contributed by atoms with Crippen molar-refractivity contribution in [3.63, 3.8) is 0 Å². The van der Waals surface area contributed by atoms with E-state index in [4.69, 9.17) is 0 Å². The molecule has 36 heavy (non-hydrogen) atoms. The Labute approximate surface area is 220 Å². The summed E-state index contributed by atoms with van der Waals surface area (Å²) in [6.07, 6.45) is 4.30. The second-order valence-corrected chi connectivity index (χ2v) is 9.81. The fraction of sp³-hybridized carbons (Fsp3) is 0.281. The van der Waals surface area contributed by atoms with Gasteiger partial charge in [-0.2, -0.15) is 0 Å². The van der Waals surface area contributed by atoms with Crippen LogP contribution in [0.2, 0.25) is 0 Å². The molecule has 0 aliphatic heterocycles. The Morgan fingerprint density at radius 3 is 2.47 bits per heavy atom. The van der Waals surface area contributed by atoms with Crippen LogP contribution in [-0.2, 0) is 12.8 Å². The largest absolute Gasteiger partial charge is 0.478 e. The topological polar surface area (TPSA) is 49.3 Å². The van der Waals surface area contributed by atoms with Crippen molar-refractivity contribution in [3.05, 3.63) is 118 Å². The summed E-state index contributed by atoms with van der Waals surface area (Å²) in [6, 6.07) is 29.6. The summed E-state index contributed by atoms with van der Waals surface area (Å²) in [6.45, 7) is 3.93. The molecule has 186 valence electrons. The van der Waals surface area contributed by atoms with Gasteiger partial charge in [0.1, 0.15) is 0 Å². The lowest BCUT2D eigenvalue weighted by molar-refractivity contribution is 0.0696. The lowest BCUT2D eigenvalue weighted by atomic mass is 9.72. The van der Waals surface area contributed by atoms with Crippen molar-refractivity contribution in [2.24, 2.45) is 5.92 Å². The first kappa shape index (κ1) is 25.9. The molecule has 0 heterocycles. The smallest absolute Gasteiger partial charge is 0.335 e. The number of carbonyl (C=O) groups is 1. The number of halogens is 1. The van der Waals surface area contributed by atoms with Crippen molar-refractivity contribution in [3.8, 4) is 0 Å². The molecule has 0 aromatic heterocycles. The van der Waals surface area contributed by atoms with Crippen LogP contribution in [0.4, 0.5) is 0 Å². The van der Waals surface area contributed by atoms with Gasteiger partial charge in [0.2, 0.25) is 0 Å². The van der Waals surface area contributed by atoms with Crippen molar-refractivity contribution in [1.82, 2.24) is 5.32 Å². The first-order valence-electron chi connectivity index (χ1n) is 12.7. The van der Waals surface area contributed by atoms with E-state index in [1.165, 1.54) is 27.5 Å². The predicted octanol–water partition coefficient (Wildman–Crippen LogP) is 7.18. The van der Waals surface area contributed by atoms with Crippen LogP contribution in [-0.4, -0.2) is 24.2 Å². The lowest BCUT2D eigenvalue weighted by Crippen LogP contribution is -2.26. The van der Waals surface area contributed by atoms with Gasteiger partial charge >= 0.3 is 5.97 Å². The number of hydrogen-bond acceptors (Lipinski definition) is 2. The standard InChI is InChI=1S/C32H33NO2.ClH/c1-22-27(14-7-15-28(22)32(34)35)31-21-23(20-26-9-3-5-13-30(26)31)16-18-33-19-17-25-11-6-10-24-8-2-4-12-29(24)25;/h2-15,23,31,33H,16-21H2,1H3,(H,34,35);1H/t23-,31?;/m0./s1. The molecule has 0 radical (unpaired) electrons. The highest BCUT2D eigenvalue weighted by atomic mass is 35.5. The summed E-state index contributed by atoms with van der Waals surface area (Å²) < 4.78 is 0. The number of carboxylic acids is 1. The van der Waals surface area contributed by atoms with E-state index in [0.717, 1.165) is 49.9 Å². The molecule has 0 amide bonds. The molecule has 4 heteroatoms. The van der Waals surface area contributed by atoms with E-state index >= 15 is 0 Å². The van der Waals surface area contributed by atoms with Crippen LogP contribution in [0.15, 0.2) is 84.9 Å². The number of benzene rings is 4. The number of fused-ring (bicyclic) bond motifs is 2. The minimum Gasteiger partial charge on any atom is -0.478 e. The van der Waals surface area contributed by atoms with Crippen LogP contribution in [0.5, 0.6) is 0 Å². The quantitative estimate of drug-likeness (QED) is 0.252. The normalized spacial score (nSPS) is 16.8. The van der Waals surface area contributed by atoms with Crippen molar-refractivity contribution in [2.75, 3.05) is 13.1 Å². The van der Waals surface area contributed by atoms with Crippen molar-refractivity contribution in [1.29, 1.82) is 0 Å². The van der Waals surface area contributed by atoms with E-state index in [1.807, 2.05) is 13.0 Å². The molecule has 0 spiro atoms. The van der Waals surface area contributed by atoms with Crippen molar-refractivity contribution >= 4 is 29.1 Å². The van der Waals surface area contributed by atoms with Crippen LogP contribution in [0, 0.1) is 12.8 Å². The molecular formula is C32H34ClNO2. The average Bonchev–Trinajstić information content (AvgIpc) is 2.88. The minimum absolute atomic E-state index is 0. The van der Waals surface area contributed by atoms with E-state index < -0.39 is 5.97 Å². The van der Waals surface area contributed by atoms with Gasteiger partial charge in [-0.3, -0.25) is 0 Å². The second kappa shape index (κ2) is 11.7. The third-order valence-electron chi connectivity index (χ3n) is 7.67. The van der Waals surface area contributed by atoms with Gasteiger partial charge in [-0.1, -0.05) is 78.9 Å². The molecule has 5 rings (SSSR count). The molecule has 0 bridgehead atoms. The monoisotopic (exact) mass is 499 g/mol. The molecule has 0 saturated carbocycles. The number of hydrogen-bond donors (Lipinski definition) is 2. The summed E-state index contributed by atoms with van der Waals surface area (Å²) >= 11 is 0. The minimum atomic E-state index is -0.847. The summed E-state index contributed by atoms with van der Waals surface area (Å²) in [7, 11) is 0. The van der Waals surface area contributed by atoms with Crippen LogP contribution in [0.1, 0.15) is 56.9 Å². The van der Waals surface area contributed by atoms with Gasteiger partial charge in [0.05, 0.1) is 5.56 Å². The van der Waals surface area contributed by atoms with E-state index in [1.54, 1.807) is 6.07 Å². The second-order valence-electron chi connectivity index (χ2n) is 9.81. The Balaban J connectivity index is 0.00000304. The first-order chi connectivity index (χ1) is 17.1. The Kier molecular flexibility index (Phi) is 8.45. The molecular weight excluding hydrogens is 466 g/mol. The lowest BCUT2D eigenvalue weighted by Gasteiger charge is -2.33. The number of nitrogens with one attached hydrogen (secondary N) is 1. The van der Waals surface area contributed by atoms with Gasteiger partial charge in [-0.25, -0.2) is 4.79 Å². The molecule has 4 aromatic carbocycles. The SMILES string of the molecule is Cc1c(C(=O)O)cccc1C1C[C@@H](CCNCCc2cccc3ccccc23)Cc2ccccc21.Cl. The van der Waals surface area contributed by atoms with Gasteiger partial charge in [-0.15, -0.1) is 12.4 Å². The fourth-order valence-corrected chi connectivity index (χ4v) is 5.86. The zero-order chi connectivity index (χ0) is 24.2. The zero-order valence-corrected chi connectivity index (χ0v) is 21.6. The van der Waals surface area contributed by atoms with E-state index in [2.05, 4.69) is 78.1 Å². The summed E-state index contributed by atoms with van der Waals surface area (Å²) in [5, 5.41) is 16.0. The van der Waals surface area contributed by atoms with Gasteiger partial charge in [-0.05, 0) is 96.3 Å². The third kappa shape index (κ3) is 5.48. The number of aromatic carboxylic acids is 1. The number of carboxylic acid groups (broad SMARTS) is 1. The van der Waals surface area contributed by atoms with E-state index in [0.29, 0.717) is 11.5 Å². The molecule has 2 N–H and O–H groups in total. The predicted molar refractivity (Wildman–Crippen MR) is 151 cm³/mol. The summed E-state index contributed by atoms with van der Waals surface area (Å²) in [5.41, 5.74) is 6.64. The highest BCUT2D eigenvalue weighted by Crippen LogP contribution is 2.41. The van der Waals surface area contributed by atoms with Crippen LogP contribution < -0.4 is 5.32 Å². The Hall–Kier alpha value is -3.14. The molecule has 0 saturated heterocycles. The molecule has 1 aliphatic carbocycles. The van der Waals surface area contributed by atoms with Crippen LogP contribution in [0.3, 0.4) is 0 Å². The maximum atomic E-state index is 11.7. The van der Waals surface area contributed by atoms with Gasteiger partial charge in [0.25, 0.3) is 0 Å². The Morgan fingerprint density at radius 2 is 1.61 bits per heavy atom. The van der Waals surface area contributed by atoms with Gasteiger partial charge in [0, 0.05) is 5.92 Å². The van der Waals surface area contributed by atoms with Gasteiger partial charge < -0.3 is 10.4 Å².